The molecule has 2 rings (SSSR count). The van der Waals surface area contributed by atoms with Crippen molar-refractivity contribution < 1.29 is 0 Å². The molecule has 0 radical (unpaired) electrons. The molecule has 2 aliphatic carbocycles. The van der Waals surface area contributed by atoms with Gasteiger partial charge in [0.05, 0.1) is 5.41 Å². The Morgan fingerprint density at radius 2 is 1.30 bits per heavy atom. The number of hydrogen-bond donors (Lipinski definition) is 0. The summed E-state index contributed by atoms with van der Waals surface area (Å²) in [6.07, 6.45) is 17.8. The molecular weight excluding hydrogens is 326 g/mol. The van der Waals surface area contributed by atoms with Crippen LogP contribution in [0, 0.1) is 5.41 Å². The van der Waals surface area contributed by atoms with Gasteiger partial charge in [-0.15, -0.1) is 0 Å². The first-order chi connectivity index (χ1) is 13.0. The predicted molar refractivity (Wildman–Crippen MR) is 121 cm³/mol. The maximum atomic E-state index is 4.30. The van der Waals surface area contributed by atoms with E-state index in [9.17, 15) is 0 Å². The minimum atomic E-state index is -0.394. The van der Waals surface area contributed by atoms with Crippen molar-refractivity contribution in [3.63, 3.8) is 0 Å². The first kappa shape index (κ1) is 20.4. The Morgan fingerprint density at radius 3 is 1.81 bits per heavy atom. The summed E-state index contributed by atoms with van der Waals surface area (Å²) in [4.78, 5) is 4.30. The Kier molecular flexibility index (Phi) is 6.17. The fourth-order valence-electron chi connectivity index (χ4n) is 4.47. The fraction of sp³-hybridized carbons (Fsp3) is 0.192. The molecule has 0 bridgehead atoms. The summed E-state index contributed by atoms with van der Waals surface area (Å²) in [7, 11) is 1.80. The molecule has 1 heteroatoms. The van der Waals surface area contributed by atoms with E-state index in [1.807, 2.05) is 36.6 Å². The first-order valence-electron chi connectivity index (χ1n) is 9.12. The van der Waals surface area contributed by atoms with Crippen molar-refractivity contribution in [2.75, 3.05) is 7.05 Å². The Labute approximate surface area is 164 Å². The number of rotatable bonds is 7. The van der Waals surface area contributed by atoms with Gasteiger partial charge in [-0.3, -0.25) is 4.99 Å². The summed E-state index contributed by atoms with van der Waals surface area (Å²) in [6, 6.07) is 0. The molecule has 1 nitrogen and oxygen atoms in total. The maximum absolute atomic E-state index is 4.30. The standard InChI is InChI=1S/C26H29N/c1-9-13-15-21-18(5)23(11-3)26(20(21)7)24(12-4)22(17-27-8)19(6)25(26)16-14-10-2/h9-17H,1-4H2,5-8H3/b15-13-,16-14-,27-17?. The average Bonchev–Trinajstić information content (AvgIpc) is 3.01. The quantitative estimate of drug-likeness (QED) is 0.351. The van der Waals surface area contributed by atoms with Crippen molar-refractivity contribution in [1.82, 2.24) is 0 Å². The molecule has 0 N–H and O–H groups in total. The van der Waals surface area contributed by atoms with Crippen LogP contribution >= 0.6 is 0 Å². The van der Waals surface area contributed by atoms with Crippen molar-refractivity contribution >= 4 is 6.21 Å². The third kappa shape index (κ3) is 2.84. The number of allylic oxidation sites excluding steroid dienone is 16. The molecule has 0 aromatic heterocycles. The lowest BCUT2D eigenvalue weighted by atomic mass is 9.67. The van der Waals surface area contributed by atoms with Gasteiger partial charge in [0.15, 0.2) is 0 Å². The lowest BCUT2D eigenvalue weighted by Crippen LogP contribution is -2.24. The first-order valence-corrected chi connectivity index (χ1v) is 9.12. The molecule has 0 heterocycles. The van der Waals surface area contributed by atoms with Crippen LogP contribution in [0.15, 0.2) is 125 Å². The van der Waals surface area contributed by atoms with Gasteiger partial charge in [0.2, 0.25) is 0 Å². The molecule has 0 aromatic carbocycles. The summed E-state index contributed by atoms with van der Waals surface area (Å²) in [6.45, 7) is 22.5. The monoisotopic (exact) mass is 355 g/mol. The number of aliphatic imine (C=N–C) groups is 1. The predicted octanol–water partition coefficient (Wildman–Crippen LogP) is 6.80. The third-order valence-electron chi connectivity index (χ3n) is 5.55. The van der Waals surface area contributed by atoms with Crippen LogP contribution in [0.3, 0.4) is 0 Å². The Balaban J connectivity index is 3.04. The van der Waals surface area contributed by atoms with E-state index in [1.165, 1.54) is 33.4 Å². The smallest absolute Gasteiger partial charge is 0.0679 e. The van der Waals surface area contributed by atoms with E-state index in [1.54, 1.807) is 13.1 Å². The van der Waals surface area contributed by atoms with Crippen LogP contribution in [-0.2, 0) is 0 Å². The van der Waals surface area contributed by atoms with Gasteiger partial charge >= 0.3 is 0 Å². The highest BCUT2D eigenvalue weighted by Gasteiger charge is 2.50. The minimum Gasteiger partial charge on any atom is -0.296 e. The zero-order valence-electron chi connectivity index (χ0n) is 17.0. The molecule has 0 amide bonds. The summed E-state index contributed by atoms with van der Waals surface area (Å²) >= 11 is 0. The van der Waals surface area contributed by atoms with Crippen molar-refractivity contribution in [2.24, 2.45) is 10.4 Å². The van der Waals surface area contributed by atoms with Gasteiger partial charge < -0.3 is 0 Å². The van der Waals surface area contributed by atoms with Crippen LogP contribution in [-0.4, -0.2) is 13.3 Å². The molecule has 0 fully saturated rings. The molecule has 27 heavy (non-hydrogen) atoms. The van der Waals surface area contributed by atoms with Crippen LogP contribution in [0.4, 0.5) is 0 Å². The highest BCUT2D eigenvalue weighted by atomic mass is 14.6. The summed E-state index contributed by atoms with van der Waals surface area (Å²) < 4.78 is 0. The van der Waals surface area contributed by atoms with Crippen LogP contribution < -0.4 is 0 Å². The number of hydrogen-bond acceptors (Lipinski definition) is 1. The molecule has 0 aromatic rings. The van der Waals surface area contributed by atoms with Crippen molar-refractivity contribution in [3.8, 4) is 0 Å². The zero-order valence-corrected chi connectivity index (χ0v) is 17.0. The van der Waals surface area contributed by atoms with E-state index in [0.29, 0.717) is 0 Å². The maximum Gasteiger partial charge on any atom is 0.0679 e. The van der Waals surface area contributed by atoms with Crippen molar-refractivity contribution in [3.05, 3.63) is 120 Å². The van der Waals surface area contributed by atoms with E-state index >= 15 is 0 Å². The van der Waals surface area contributed by atoms with Crippen LogP contribution in [0.1, 0.15) is 20.8 Å². The van der Waals surface area contributed by atoms with Gasteiger partial charge in [0, 0.05) is 18.8 Å². The summed E-state index contributed by atoms with van der Waals surface area (Å²) in [5.74, 6) is 0. The van der Waals surface area contributed by atoms with Crippen molar-refractivity contribution in [1.29, 1.82) is 0 Å². The van der Waals surface area contributed by atoms with Gasteiger partial charge in [-0.05, 0) is 59.8 Å². The van der Waals surface area contributed by atoms with Gasteiger partial charge in [0.1, 0.15) is 0 Å². The van der Waals surface area contributed by atoms with Gasteiger partial charge in [-0.25, -0.2) is 0 Å². The molecule has 138 valence electrons. The second-order valence-electron chi connectivity index (χ2n) is 6.68. The molecule has 0 saturated heterocycles. The summed E-state index contributed by atoms with van der Waals surface area (Å²) in [5, 5.41) is 0. The second kappa shape index (κ2) is 8.18. The molecule has 0 aliphatic heterocycles. The second-order valence-corrected chi connectivity index (χ2v) is 6.68. The minimum absolute atomic E-state index is 0.394. The molecule has 1 unspecified atom stereocenters. The molecule has 1 atom stereocenters. The summed E-state index contributed by atoms with van der Waals surface area (Å²) in [5.41, 5.74) is 9.22. The number of nitrogens with zero attached hydrogens (tertiary/aromatic N) is 1. The highest BCUT2D eigenvalue weighted by molar-refractivity contribution is 5.93. The molecule has 1 spiro atoms. The van der Waals surface area contributed by atoms with E-state index in [4.69, 9.17) is 0 Å². The molecule has 0 saturated carbocycles. The SMILES string of the molecule is C=C/C=C\C1=C(C)C2(C(C=C)=C1C)C(C=C)=C(C=NC)C(C)=C2/C=C\C=C. The van der Waals surface area contributed by atoms with Crippen LogP contribution in [0.5, 0.6) is 0 Å². The fourth-order valence-corrected chi connectivity index (χ4v) is 4.47. The van der Waals surface area contributed by atoms with Gasteiger partial charge in [-0.2, -0.15) is 0 Å². The Hall–Kier alpha value is -2.93. The normalized spacial score (nSPS) is 23.3. The van der Waals surface area contributed by atoms with E-state index < -0.39 is 5.41 Å². The highest BCUT2D eigenvalue weighted by Crippen LogP contribution is 2.62. The van der Waals surface area contributed by atoms with Gasteiger partial charge in [0.25, 0.3) is 0 Å². The van der Waals surface area contributed by atoms with E-state index in [2.05, 4.69) is 64.2 Å². The average molecular weight is 356 g/mol. The lowest BCUT2D eigenvalue weighted by Gasteiger charge is -2.34. The van der Waals surface area contributed by atoms with Crippen molar-refractivity contribution in [2.45, 2.75) is 20.8 Å². The van der Waals surface area contributed by atoms with E-state index in [0.717, 1.165) is 11.1 Å². The third-order valence-corrected chi connectivity index (χ3v) is 5.55. The van der Waals surface area contributed by atoms with Crippen LogP contribution in [0.2, 0.25) is 0 Å². The Bertz CT molecular complexity index is 919. The molecular formula is C26H29N. The Morgan fingerprint density at radius 1 is 0.741 bits per heavy atom. The largest absolute Gasteiger partial charge is 0.296 e. The zero-order chi connectivity index (χ0) is 20.2. The molecule has 2 aliphatic rings. The lowest BCUT2D eigenvalue weighted by molar-refractivity contribution is 0.674. The van der Waals surface area contributed by atoms with E-state index in [-0.39, 0.29) is 0 Å². The van der Waals surface area contributed by atoms with Gasteiger partial charge in [-0.1, -0.05) is 74.9 Å². The topological polar surface area (TPSA) is 12.4 Å². The van der Waals surface area contributed by atoms with Crippen LogP contribution in [0.25, 0.3) is 0 Å².